The summed E-state index contributed by atoms with van der Waals surface area (Å²) in [5.74, 6) is 0.0292. The van der Waals surface area contributed by atoms with Gasteiger partial charge >= 0.3 is 0 Å². The molecule has 0 saturated heterocycles. The van der Waals surface area contributed by atoms with Crippen LogP contribution in [0.15, 0.2) is 6.20 Å². The predicted molar refractivity (Wildman–Crippen MR) is 66.9 cm³/mol. The number of hydrogen-bond acceptors (Lipinski definition) is 4. The van der Waals surface area contributed by atoms with Gasteiger partial charge in [0.2, 0.25) is 10.9 Å². The van der Waals surface area contributed by atoms with Crippen LogP contribution in [0.2, 0.25) is 0 Å². The summed E-state index contributed by atoms with van der Waals surface area (Å²) in [7, 11) is 0. The summed E-state index contributed by atoms with van der Waals surface area (Å²) in [6.45, 7) is 8.06. The predicted octanol–water partition coefficient (Wildman–Crippen LogP) is 1.76. The molecule has 0 spiro atoms. The molecular weight excluding hydrogens is 236 g/mol. The van der Waals surface area contributed by atoms with Crippen molar-refractivity contribution in [2.45, 2.75) is 34.2 Å². The number of nitrogens with zero attached hydrogens (tertiary/aromatic N) is 3. The molecular formula is C11H16N4OS. The third-order valence-electron chi connectivity index (χ3n) is 2.29. The van der Waals surface area contributed by atoms with Crippen LogP contribution >= 0.6 is 11.3 Å². The second kappa shape index (κ2) is 4.10. The number of hydrogen-bond donors (Lipinski definition) is 1. The van der Waals surface area contributed by atoms with E-state index in [0.717, 1.165) is 15.7 Å². The Balaban J connectivity index is 2.04. The van der Waals surface area contributed by atoms with Crippen LogP contribution in [0.3, 0.4) is 0 Å². The lowest BCUT2D eigenvalue weighted by molar-refractivity contribution is -0.128. The number of nitrogens with one attached hydrogen (secondary N) is 1. The molecule has 2 rings (SSSR count). The van der Waals surface area contributed by atoms with Crippen LogP contribution in [0.5, 0.6) is 0 Å². The third-order valence-corrected chi connectivity index (χ3v) is 3.21. The van der Waals surface area contributed by atoms with E-state index in [0.29, 0.717) is 6.54 Å². The molecule has 0 aliphatic rings. The first-order valence-electron chi connectivity index (χ1n) is 5.46. The molecule has 92 valence electrons. The topological polar surface area (TPSA) is 59.3 Å². The van der Waals surface area contributed by atoms with E-state index >= 15 is 0 Å². The standard InChI is InChI=1S/C11H16N4OS/c1-7-6-15-10(13-7)17-8(14-15)5-12-9(16)11(2,3)4/h6H,5H2,1-4H3,(H,12,16). The minimum Gasteiger partial charge on any atom is -0.349 e. The van der Waals surface area contributed by atoms with Gasteiger partial charge in [-0.25, -0.2) is 9.50 Å². The molecule has 0 unspecified atom stereocenters. The third kappa shape index (κ3) is 2.63. The highest BCUT2D eigenvalue weighted by Crippen LogP contribution is 2.16. The number of aromatic nitrogens is 3. The minimum absolute atomic E-state index is 0.0292. The van der Waals surface area contributed by atoms with E-state index in [-0.39, 0.29) is 11.3 Å². The fourth-order valence-electron chi connectivity index (χ4n) is 1.34. The highest BCUT2D eigenvalue weighted by atomic mass is 32.1. The lowest BCUT2D eigenvalue weighted by Gasteiger charge is -2.16. The van der Waals surface area contributed by atoms with Crippen molar-refractivity contribution in [3.05, 3.63) is 16.9 Å². The van der Waals surface area contributed by atoms with E-state index in [4.69, 9.17) is 0 Å². The summed E-state index contributed by atoms with van der Waals surface area (Å²) < 4.78 is 1.75. The normalized spacial score (nSPS) is 12.0. The maximum absolute atomic E-state index is 11.7. The van der Waals surface area contributed by atoms with Crippen molar-refractivity contribution in [3.63, 3.8) is 0 Å². The summed E-state index contributed by atoms with van der Waals surface area (Å²) in [6.07, 6.45) is 1.88. The van der Waals surface area contributed by atoms with Gasteiger partial charge in [-0.2, -0.15) is 5.10 Å². The Morgan fingerprint density at radius 2 is 2.24 bits per heavy atom. The molecule has 5 nitrogen and oxygen atoms in total. The average molecular weight is 252 g/mol. The first-order chi connectivity index (χ1) is 7.86. The molecule has 0 atom stereocenters. The summed E-state index contributed by atoms with van der Waals surface area (Å²) >= 11 is 1.50. The Morgan fingerprint density at radius 1 is 1.53 bits per heavy atom. The molecule has 0 fully saturated rings. The number of amides is 1. The highest BCUT2D eigenvalue weighted by molar-refractivity contribution is 7.16. The van der Waals surface area contributed by atoms with Crippen LogP contribution in [0.25, 0.3) is 4.96 Å². The van der Waals surface area contributed by atoms with Crippen LogP contribution in [0.4, 0.5) is 0 Å². The Kier molecular flexibility index (Phi) is 2.91. The molecule has 0 aromatic carbocycles. The molecule has 0 saturated carbocycles. The summed E-state index contributed by atoms with van der Waals surface area (Å²) in [5.41, 5.74) is 0.586. The van der Waals surface area contributed by atoms with Crippen molar-refractivity contribution in [1.29, 1.82) is 0 Å². The number of rotatable bonds is 2. The van der Waals surface area contributed by atoms with Gasteiger partial charge in [-0.05, 0) is 6.92 Å². The van der Waals surface area contributed by atoms with Crippen LogP contribution in [-0.2, 0) is 11.3 Å². The van der Waals surface area contributed by atoms with Gasteiger partial charge in [0.05, 0.1) is 18.4 Å². The molecule has 0 aliphatic carbocycles. The second-order valence-corrected chi connectivity index (χ2v) is 6.08. The van der Waals surface area contributed by atoms with Gasteiger partial charge in [-0.15, -0.1) is 0 Å². The largest absolute Gasteiger partial charge is 0.349 e. The summed E-state index contributed by atoms with van der Waals surface area (Å²) in [4.78, 5) is 16.9. The van der Waals surface area contributed by atoms with Gasteiger partial charge in [-0.3, -0.25) is 4.79 Å². The first kappa shape index (κ1) is 12.0. The monoisotopic (exact) mass is 252 g/mol. The van der Waals surface area contributed by atoms with E-state index < -0.39 is 0 Å². The molecule has 0 aliphatic heterocycles. The highest BCUT2D eigenvalue weighted by Gasteiger charge is 2.21. The fourth-order valence-corrected chi connectivity index (χ4v) is 2.20. The van der Waals surface area contributed by atoms with Gasteiger partial charge in [0.1, 0.15) is 5.01 Å². The maximum Gasteiger partial charge on any atom is 0.225 e. The van der Waals surface area contributed by atoms with E-state index in [1.54, 1.807) is 4.52 Å². The van der Waals surface area contributed by atoms with Gasteiger partial charge in [-0.1, -0.05) is 32.1 Å². The van der Waals surface area contributed by atoms with Gasteiger partial charge < -0.3 is 5.32 Å². The van der Waals surface area contributed by atoms with Gasteiger partial charge in [0.25, 0.3) is 0 Å². The summed E-state index contributed by atoms with van der Waals surface area (Å²) in [5, 5.41) is 8.08. The number of carbonyl (C=O) groups excluding carboxylic acids is 1. The average Bonchev–Trinajstić information content (AvgIpc) is 2.68. The van der Waals surface area contributed by atoms with Crippen molar-refractivity contribution in [2.75, 3.05) is 0 Å². The molecule has 1 amide bonds. The van der Waals surface area contributed by atoms with Gasteiger partial charge in [0.15, 0.2) is 0 Å². The van der Waals surface area contributed by atoms with Crippen LogP contribution < -0.4 is 5.32 Å². The van der Waals surface area contributed by atoms with E-state index in [1.807, 2.05) is 33.9 Å². The Labute approximate surface area is 104 Å². The lowest BCUT2D eigenvalue weighted by atomic mass is 9.96. The van der Waals surface area contributed by atoms with Crippen molar-refractivity contribution in [1.82, 2.24) is 19.9 Å². The van der Waals surface area contributed by atoms with E-state index in [2.05, 4.69) is 15.4 Å². The molecule has 0 radical (unpaired) electrons. The zero-order valence-electron chi connectivity index (χ0n) is 10.4. The SMILES string of the molecule is Cc1cn2nc(CNC(=O)C(C)(C)C)sc2n1. The minimum atomic E-state index is -0.367. The Hall–Kier alpha value is -1.43. The first-order valence-corrected chi connectivity index (χ1v) is 6.28. The smallest absolute Gasteiger partial charge is 0.225 e. The Bertz CT molecular complexity index is 518. The fraction of sp³-hybridized carbons (Fsp3) is 0.545. The molecule has 2 aromatic heterocycles. The number of imidazole rings is 1. The zero-order chi connectivity index (χ0) is 12.6. The molecule has 2 heterocycles. The molecule has 1 N–H and O–H groups in total. The molecule has 0 bridgehead atoms. The molecule has 17 heavy (non-hydrogen) atoms. The number of aryl methyl sites for hydroxylation is 1. The van der Waals surface area contributed by atoms with Crippen LogP contribution in [0, 0.1) is 12.3 Å². The van der Waals surface area contributed by atoms with Crippen LogP contribution in [0.1, 0.15) is 31.5 Å². The van der Waals surface area contributed by atoms with Crippen LogP contribution in [-0.4, -0.2) is 20.5 Å². The van der Waals surface area contributed by atoms with Crippen molar-refractivity contribution < 1.29 is 4.79 Å². The summed E-state index contributed by atoms with van der Waals surface area (Å²) in [6, 6.07) is 0. The number of carbonyl (C=O) groups is 1. The quantitative estimate of drug-likeness (QED) is 0.886. The zero-order valence-corrected chi connectivity index (χ0v) is 11.3. The lowest BCUT2D eigenvalue weighted by Crippen LogP contribution is -2.34. The maximum atomic E-state index is 11.7. The second-order valence-electron chi connectivity index (χ2n) is 5.04. The molecule has 6 heteroatoms. The van der Waals surface area contributed by atoms with E-state index in [9.17, 15) is 4.79 Å². The van der Waals surface area contributed by atoms with Crippen molar-refractivity contribution in [2.24, 2.45) is 5.41 Å². The van der Waals surface area contributed by atoms with Crippen molar-refractivity contribution in [3.8, 4) is 0 Å². The molecule has 2 aromatic rings. The van der Waals surface area contributed by atoms with Crippen molar-refractivity contribution >= 4 is 22.2 Å². The number of fused-ring (bicyclic) bond motifs is 1. The van der Waals surface area contributed by atoms with E-state index in [1.165, 1.54) is 11.3 Å². The Morgan fingerprint density at radius 3 is 2.82 bits per heavy atom. The van der Waals surface area contributed by atoms with Gasteiger partial charge in [0, 0.05) is 5.41 Å².